The van der Waals surface area contributed by atoms with Crippen LogP contribution in [0, 0.1) is 0 Å². The fourth-order valence-electron chi connectivity index (χ4n) is 3.75. The van der Waals surface area contributed by atoms with Crippen LogP contribution in [0.5, 0.6) is 0 Å². The molecular weight excluding hydrogens is 326 g/mol. The summed E-state index contributed by atoms with van der Waals surface area (Å²) >= 11 is 0. The van der Waals surface area contributed by atoms with Crippen LogP contribution in [0.4, 0.5) is 0 Å². The van der Waals surface area contributed by atoms with E-state index in [4.69, 9.17) is 0 Å². The molecule has 0 atom stereocenters. The number of nitrogens with zero attached hydrogens (tertiary/aromatic N) is 7. The van der Waals surface area contributed by atoms with Crippen molar-refractivity contribution in [2.45, 2.75) is 45.3 Å². The maximum Gasteiger partial charge on any atom is 0.154 e. The van der Waals surface area contributed by atoms with Gasteiger partial charge in [-0.15, -0.1) is 10.2 Å². The Morgan fingerprint density at radius 2 is 1.85 bits per heavy atom. The number of rotatable bonds is 6. The number of piperidine rings is 1. The highest BCUT2D eigenvalue weighted by atomic mass is 15.3. The monoisotopic (exact) mass is 351 g/mol. The van der Waals surface area contributed by atoms with E-state index in [1.165, 1.54) is 5.56 Å². The molecule has 0 unspecified atom stereocenters. The zero-order chi connectivity index (χ0) is 17.8. The summed E-state index contributed by atoms with van der Waals surface area (Å²) in [5, 5.41) is 13.3. The highest BCUT2D eigenvalue weighted by Crippen LogP contribution is 2.28. The minimum absolute atomic E-state index is 0.488. The van der Waals surface area contributed by atoms with Gasteiger partial charge in [0, 0.05) is 43.8 Å². The first-order valence-electron chi connectivity index (χ1n) is 9.34. The average Bonchev–Trinajstić information content (AvgIpc) is 3.33. The van der Waals surface area contributed by atoms with Gasteiger partial charge in [-0.25, -0.2) is 0 Å². The van der Waals surface area contributed by atoms with Crippen LogP contribution in [0.15, 0.2) is 43.0 Å². The van der Waals surface area contributed by atoms with Crippen molar-refractivity contribution in [3.63, 3.8) is 0 Å². The van der Waals surface area contributed by atoms with Crippen LogP contribution in [0.1, 0.15) is 42.9 Å². The molecule has 0 aromatic carbocycles. The highest BCUT2D eigenvalue weighted by Gasteiger charge is 2.25. The van der Waals surface area contributed by atoms with Crippen LogP contribution in [-0.2, 0) is 19.6 Å². The van der Waals surface area contributed by atoms with Crippen LogP contribution in [0.2, 0.25) is 0 Å². The Labute approximate surface area is 153 Å². The van der Waals surface area contributed by atoms with Crippen molar-refractivity contribution in [3.05, 3.63) is 60.2 Å². The third kappa shape index (κ3) is 3.67. The van der Waals surface area contributed by atoms with Crippen LogP contribution < -0.4 is 0 Å². The molecule has 0 amide bonds. The zero-order valence-corrected chi connectivity index (χ0v) is 15.2. The molecule has 7 nitrogen and oxygen atoms in total. The second kappa shape index (κ2) is 7.78. The summed E-state index contributed by atoms with van der Waals surface area (Å²) in [4.78, 5) is 6.61. The molecule has 1 aliphatic rings. The Morgan fingerprint density at radius 1 is 1.04 bits per heavy atom. The van der Waals surface area contributed by atoms with E-state index in [0.717, 1.165) is 50.7 Å². The summed E-state index contributed by atoms with van der Waals surface area (Å²) in [6, 6.07) is 6.13. The van der Waals surface area contributed by atoms with E-state index in [2.05, 4.69) is 48.8 Å². The zero-order valence-electron chi connectivity index (χ0n) is 15.2. The maximum absolute atomic E-state index is 4.55. The van der Waals surface area contributed by atoms with Crippen molar-refractivity contribution < 1.29 is 0 Å². The Balaban J connectivity index is 1.40. The van der Waals surface area contributed by atoms with Crippen LogP contribution in [-0.4, -0.2) is 47.5 Å². The van der Waals surface area contributed by atoms with E-state index in [0.29, 0.717) is 12.5 Å². The quantitative estimate of drug-likeness (QED) is 0.682. The van der Waals surface area contributed by atoms with Gasteiger partial charge in [0.15, 0.2) is 5.82 Å². The minimum Gasteiger partial charge on any atom is -0.313 e. The molecule has 0 radical (unpaired) electrons. The largest absolute Gasteiger partial charge is 0.313 e. The first kappa shape index (κ1) is 16.9. The first-order chi connectivity index (χ1) is 12.8. The van der Waals surface area contributed by atoms with E-state index in [-0.39, 0.29) is 0 Å². The van der Waals surface area contributed by atoms with E-state index in [9.17, 15) is 0 Å². The Bertz CT molecular complexity index is 802. The summed E-state index contributed by atoms with van der Waals surface area (Å²) < 4.78 is 4.17. The molecule has 0 saturated carbocycles. The highest BCUT2D eigenvalue weighted by molar-refractivity contribution is 5.10. The van der Waals surface area contributed by atoms with Crippen molar-refractivity contribution in [2.75, 3.05) is 13.1 Å². The fraction of sp³-hybridized carbons (Fsp3) is 0.474. The molecular formula is C19H25N7. The van der Waals surface area contributed by atoms with Crippen molar-refractivity contribution in [1.29, 1.82) is 0 Å². The molecule has 1 aliphatic heterocycles. The van der Waals surface area contributed by atoms with Gasteiger partial charge >= 0.3 is 0 Å². The summed E-state index contributed by atoms with van der Waals surface area (Å²) in [5.74, 6) is 2.62. The molecule has 7 heteroatoms. The second-order valence-electron chi connectivity index (χ2n) is 6.83. The average molecular weight is 351 g/mol. The molecule has 0 N–H and O–H groups in total. The second-order valence-corrected chi connectivity index (χ2v) is 6.83. The van der Waals surface area contributed by atoms with Gasteiger partial charge in [0.2, 0.25) is 0 Å². The van der Waals surface area contributed by atoms with Gasteiger partial charge < -0.3 is 4.57 Å². The topological polar surface area (TPSA) is 64.7 Å². The predicted octanol–water partition coefficient (Wildman–Crippen LogP) is 2.32. The Morgan fingerprint density at radius 3 is 2.54 bits per heavy atom. The molecule has 0 bridgehead atoms. The molecule has 0 spiro atoms. The van der Waals surface area contributed by atoms with Gasteiger partial charge in [-0.05, 0) is 56.6 Å². The summed E-state index contributed by atoms with van der Waals surface area (Å²) in [6.45, 7) is 6.93. The lowest BCUT2D eigenvalue weighted by atomic mass is 9.95. The van der Waals surface area contributed by atoms with Gasteiger partial charge in [-0.1, -0.05) is 0 Å². The molecule has 26 heavy (non-hydrogen) atoms. The molecule has 3 aromatic heterocycles. The van der Waals surface area contributed by atoms with E-state index in [1.807, 2.05) is 29.3 Å². The molecule has 136 valence electrons. The SMILES string of the molecule is CCn1c(Cn2cccn2)nnc1C1CCN(Cc2ccncc2)CC1. The first-order valence-corrected chi connectivity index (χ1v) is 9.34. The number of hydrogen-bond donors (Lipinski definition) is 0. The molecule has 4 heterocycles. The fourth-order valence-corrected chi connectivity index (χ4v) is 3.75. The third-order valence-corrected chi connectivity index (χ3v) is 5.14. The summed E-state index contributed by atoms with van der Waals surface area (Å²) in [5.41, 5.74) is 1.33. The van der Waals surface area contributed by atoms with Gasteiger partial charge in [0.25, 0.3) is 0 Å². The smallest absolute Gasteiger partial charge is 0.154 e. The molecule has 0 aliphatic carbocycles. The lowest BCUT2D eigenvalue weighted by Gasteiger charge is -2.31. The Kier molecular flexibility index (Phi) is 5.06. The minimum atomic E-state index is 0.488. The van der Waals surface area contributed by atoms with Crippen LogP contribution in [0.3, 0.4) is 0 Å². The number of hydrogen-bond acceptors (Lipinski definition) is 5. The van der Waals surface area contributed by atoms with E-state index >= 15 is 0 Å². The third-order valence-electron chi connectivity index (χ3n) is 5.14. The lowest BCUT2D eigenvalue weighted by molar-refractivity contribution is 0.200. The van der Waals surface area contributed by atoms with Crippen molar-refractivity contribution in [3.8, 4) is 0 Å². The van der Waals surface area contributed by atoms with E-state index in [1.54, 1.807) is 6.20 Å². The predicted molar refractivity (Wildman–Crippen MR) is 98.5 cm³/mol. The van der Waals surface area contributed by atoms with Crippen LogP contribution >= 0.6 is 0 Å². The van der Waals surface area contributed by atoms with Crippen molar-refractivity contribution in [2.24, 2.45) is 0 Å². The summed E-state index contributed by atoms with van der Waals surface area (Å²) in [6.07, 6.45) is 9.76. The van der Waals surface area contributed by atoms with Crippen LogP contribution in [0.25, 0.3) is 0 Å². The van der Waals surface area contributed by atoms with Gasteiger partial charge in [0.1, 0.15) is 12.4 Å². The molecule has 3 aromatic rings. The normalized spacial score (nSPS) is 16.2. The molecule has 1 fully saturated rings. The molecule has 4 rings (SSSR count). The number of likely N-dealkylation sites (tertiary alicyclic amines) is 1. The van der Waals surface area contributed by atoms with Crippen molar-refractivity contribution >= 4 is 0 Å². The number of pyridine rings is 1. The molecule has 1 saturated heterocycles. The summed E-state index contributed by atoms with van der Waals surface area (Å²) in [7, 11) is 0. The van der Waals surface area contributed by atoms with Crippen molar-refractivity contribution in [1.82, 2.24) is 34.4 Å². The maximum atomic E-state index is 4.55. The van der Waals surface area contributed by atoms with Gasteiger partial charge in [-0.3, -0.25) is 14.6 Å². The van der Waals surface area contributed by atoms with Gasteiger partial charge in [0.05, 0.1) is 0 Å². The van der Waals surface area contributed by atoms with E-state index < -0.39 is 0 Å². The van der Waals surface area contributed by atoms with Gasteiger partial charge in [-0.2, -0.15) is 5.10 Å². The number of aromatic nitrogens is 6. The lowest BCUT2D eigenvalue weighted by Crippen LogP contribution is -2.33. The Hall–Kier alpha value is -2.54. The standard InChI is InChI=1S/C19H25N7/c1-2-26-18(15-25-11-3-8-21-25)22-23-19(26)17-6-12-24(13-7-17)14-16-4-9-20-10-5-16/h3-5,8-11,17H,2,6-7,12-15H2,1H3.